The first-order valence-electron chi connectivity index (χ1n) is 13.8. The van der Waals surface area contributed by atoms with Crippen LogP contribution in [0.3, 0.4) is 0 Å². The SMILES string of the molecule is C/C=C\C(C)=C/C.C1CCC(CN2CCCCC2)CC1.CNC(C)=O.COC(N)=O.Cc1ccc(F)cc1. The van der Waals surface area contributed by atoms with Crippen LogP contribution < -0.4 is 11.1 Å². The zero-order chi connectivity index (χ0) is 29.2. The number of nitrogens with one attached hydrogen (secondary N) is 1. The molecular weight excluding hydrogens is 481 g/mol. The summed E-state index contributed by atoms with van der Waals surface area (Å²) in [5.74, 6) is 0.882. The number of nitrogens with zero attached hydrogens (tertiary/aromatic N) is 1. The third kappa shape index (κ3) is 26.4. The van der Waals surface area contributed by atoms with Crippen LogP contribution in [0.4, 0.5) is 9.18 Å². The second-order valence-electron chi connectivity index (χ2n) is 9.52. The van der Waals surface area contributed by atoms with Crippen LogP contribution in [0.5, 0.6) is 0 Å². The van der Waals surface area contributed by atoms with Crippen LogP contribution in [0.25, 0.3) is 0 Å². The van der Waals surface area contributed by atoms with Gasteiger partial charge in [0.15, 0.2) is 0 Å². The maximum atomic E-state index is 12.1. The molecule has 6 nitrogen and oxygen atoms in total. The minimum absolute atomic E-state index is 0.00463. The van der Waals surface area contributed by atoms with Crippen molar-refractivity contribution in [3.63, 3.8) is 0 Å². The van der Waals surface area contributed by atoms with Crippen molar-refractivity contribution in [2.45, 2.75) is 86.0 Å². The lowest BCUT2D eigenvalue weighted by Gasteiger charge is -2.32. The van der Waals surface area contributed by atoms with E-state index in [1.807, 2.05) is 26.8 Å². The number of hydrogen-bond donors (Lipinski definition) is 2. The van der Waals surface area contributed by atoms with Gasteiger partial charge >= 0.3 is 6.09 Å². The van der Waals surface area contributed by atoms with Crippen LogP contribution in [-0.4, -0.2) is 50.7 Å². The Morgan fingerprint density at radius 3 is 1.84 bits per heavy atom. The van der Waals surface area contributed by atoms with Crippen molar-refractivity contribution in [3.8, 4) is 0 Å². The average Bonchev–Trinajstić information content (AvgIpc) is 2.93. The third-order valence-electron chi connectivity index (χ3n) is 6.14. The summed E-state index contributed by atoms with van der Waals surface area (Å²) in [5, 5.41) is 2.39. The van der Waals surface area contributed by atoms with Crippen molar-refractivity contribution in [2.75, 3.05) is 33.8 Å². The summed E-state index contributed by atoms with van der Waals surface area (Å²) in [4.78, 5) is 21.8. The van der Waals surface area contributed by atoms with Crippen molar-refractivity contribution in [3.05, 3.63) is 59.4 Å². The number of likely N-dealkylation sites (tertiary alicyclic amines) is 1. The number of aryl methyl sites for hydroxylation is 1. The molecule has 1 aromatic carbocycles. The summed E-state index contributed by atoms with van der Waals surface area (Å²) in [6.07, 6.45) is 17.3. The Labute approximate surface area is 231 Å². The zero-order valence-electron chi connectivity index (χ0n) is 25.0. The summed E-state index contributed by atoms with van der Waals surface area (Å²) in [6.45, 7) is 13.7. The van der Waals surface area contributed by atoms with Gasteiger partial charge in [-0.3, -0.25) is 4.79 Å². The predicted molar refractivity (Wildman–Crippen MR) is 159 cm³/mol. The lowest BCUT2D eigenvalue weighted by atomic mass is 9.88. The van der Waals surface area contributed by atoms with E-state index in [-0.39, 0.29) is 11.7 Å². The standard InChI is InChI=1S/C12H23N.C7H7F.C7H12.C3H7NO.C2H5NO2/c1-3-7-12(8-4-1)11-13-9-5-2-6-10-13;1-6-2-4-7(8)5-3-6;1-4-6-7(3)5-2;1-3(5)4-2;1-5-2(3)4/h12H,1-11H2;2-5H,1H3;4-6H,1-3H3;1-2H3,(H,4,5);1H3,(H2,3,4)/b;;6-4-,7-5-;;. The molecule has 1 aromatic rings. The average molecular weight is 536 g/mol. The molecule has 0 spiro atoms. The Morgan fingerprint density at radius 1 is 1.03 bits per heavy atom. The number of rotatable bonds is 3. The van der Waals surface area contributed by atoms with Crippen molar-refractivity contribution in [1.29, 1.82) is 0 Å². The summed E-state index contributed by atoms with van der Waals surface area (Å²) >= 11 is 0. The van der Waals surface area contributed by atoms with Gasteiger partial charge < -0.3 is 20.7 Å². The van der Waals surface area contributed by atoms with Crippen molar-refractivity contribution < 1.29 is 18.7 Å². The molecule has 2 amide bonds. The molecule has 1 saturated carbocycles. The third-order valence-corrected chi connectivity index (χ3v) is 6.14. The number of halogens is 1. The number of nitrogens with two attached hydrogens (primary N) is 1. The zero-order valence-corrected chi connectivity index (χ0v) is 25.0. The van der Waals surface area contributed by atoms with Crippen LogP contribution in [0.15, 0.2) is 48.1 Å². The Kier molecular flexibility index (Phi) is 25.6. The largest absolute Gasteiger partial charge is 0.453 e. The van der Waals surface area contributed by atoms with Crippen LogP contribution in [0.1, 0.15) is 84.6 Å². The van der Waals surface area contributed by atoms with E-state index in [0.717, 1.165) is 11.5 Å². The fraction of sp³-hybridized carbons (Fsp3) is 0.613. The van der Waals surface area contributed by atoms with E-state index < -0.39 is 6.09 Å². The van der Waals surface area contributed by atoms with Gasteiger partial charge in [0.05, 0.1) is 7.11 Å². The minimum atomic E-state index is -0.745. The van der Waals surface area contributed by atoms with Gasteiger partial charge in [0.2, 0.25) is 5.91 Å². The first-order valence-corrected chi connectivity index (χ1v) is 13.8. The number of piperidine rings is 1. The molecule has 3 rings (SSSR count). The summed E-state index contributed by atoms with van der Waals surface area (Å²) in [7, 11) is 2.82. The molecule has 3 N–H and O–H groups in total. The van der Waals surface area contributed by atoms with E-state index in [4.69, 9.17) is 0 Å². The van der Waals surface area contributed by atoms with E-state index >= 15 is 0 Å². The maximum absolute atomic E-state index is 12.1. The number of hydrogen-bond acceptors (Lipinski definition) is 4. The van der Waals surface area contributed by atoms with Crippen LogP contribution >= 0.6 is 0 Å². The molecule has 218 valence electrons. The van der Waals surface area contributed by atoms with E-state index in [0.29, 0.717) is 0 Å². The summed E-state index contributed by atoms with van der Waals surface area (Å²) in [6, 6.07) is 6.40. The topological polar surface area (TPSA) is 84.7 Å². The lowest BCUT2D eigenvalue weighted by molar-refractivity contribution is -0.118. The quantitative estimate of drug-likeness (QED) is 0.402. The van der Waals surface area contributed by atoms with E-state index in [1.165, 1.54) is 103 Å². The fourth-order valence-electron chi connectivity index (χ4n) is 3.77. The Hall–Kier alpha value is -2.67. The van der Waals surface area contributed by atoms with E-state index in [2.05, 4.69) is 39.8 Å². The smallest absolute Gasteiger partial charge is 0.404 e. The van der Waals surface area contributed by atoms with Crippen molar-refractivity contribution in [2.24, 2.45) is 11.7 Å². The molecular formula is C31H54FN3O3. The highest BCUT2D eigenvalue weighted by molar-refractivity contribution is 5.72. The molecule has 1 heterocycles. The van der Waals surface area contributed by atoms with Crippen LogP contribution in [0, 0.1) is 18.7 Å². The number of allylic oxidation sites excluding steroid dienone is 4. The molecule has 2 aliphatic rings. The molecule has 38 heavy (non-hydrogen) atoms. The molecule has 7 heteroatoms. The van der Waals surface area contributed by atoms with Crippen molar-refractivity contribution in [1.82, 2.24) is 10.2 Å². The number of amides is 2. The molecule has 1 saturated heterocycles. The molecule has 2 fully saturated rings. The van der Waals surface area contributed by atoms with E-state index in [1.54, 1.807) is 19.2 Å². The number of ether oxygens (including phenoxy) is 1. The highest BCUT2D eigenvalue weighted by Gasteiger charge is 2.18. The second-order valence-corrected chi connectivity index (χ2v) is 9.52. The molecule has 0 atom stereocenters. The van der Waals surface area contributed by atoms with Gasteiger partial charge in [0, 0.05) is 20.5 Å². The number of carbonyl (C=O) groups excluding carboxylic acids is 2. The molecule has 0 radical (unpaired) electrons. The first kappa shape index (κ1) is 37.5. The predicted octanol–water partition coefficient (Wildman–Crippen LogP) is 7.18. The van der Waals surface area contributed by atoms with Gasteiger partial charge in [-0.2, -0.15) is 0 Å². The van der Waals surface area contributed by atoms with Gasteiger partial charge in [-0.1, -0.05) is 67.2 Å². The minimum Gasteiger partial charge on any atom is -0.453 e. The van der Waals surface area contributed by atoms with Crippen LogP contribution in [0.2, 0.25) is 0 Å². The molecule has 1 aliphatic heterocycles. The monoisotopic (exact) mass is 535 g/mol. The molecule has 1 aliphatic carbocycles. The Bertz CT molecular complexity index is 716. The summed E-state index contributed by atoms with van der Waals surface area (Å²) in [5.41, 5.74) is 6.84. The second kappa shape index (κ2) is 26.0. The maximum Gasteiger partial charge on any atom is 0.404 e. The highest BCUT2D eigenvalue weighted by Crippen LogP contribution is 2.25. The Balaban J connectivity index is 0. The highest BCUT2D eigenvalue weighted by atomic mass is 19.1. The number of benzene rings is 1. The van der Waals surface area contributed by atoms with E-state index in [9.17, 15) is 14.0 Å². The molecule has 0 aromatic heterocycles. The number of primary amides is 1. The van der Waals surface area contributed by atoms with Gasteiger partial charge in [-0.25, -0.2) is 9.18 Å². The normalized spacial score (nSPS) is 15.6. The van der Waals surface area contributed by atoms with Gasteiger partial charge in [0.1, 0.15) is 5.82 Å². The van der Waals surface area contributed by atoms with Gasteiger partial charge in [-0.05, 0) is 84.5 Å². The Morgan fingerprint density at radius 2 is 1.50 bits per heavy atom. The fourth-order valence-corrected chi connectivity index (χ4v) is 3.77. The first-order chi connectivity index (χ1) is 18.1. The number of carbonyl (C=O) groups is 2. The van der Waals surface area contributed by atoms with Gasteiger partial charge in [0.25, 0.3) is 0 Å². The molecule has 0 bridgehead atoms. The van der Waals surface area contributed by atoms with Gasteiger partial charge in [-0.15, -0.1) is 0 Å². The summed E-state index contributed by atoms with van der Waals surface area (Å²) < 4.78 is 16.0. The molecule has 0 unspecified atom stereocenters. The number of methoxy groups -OCH3 is 1. The van der Waals surface area contributed by atoms with Crippen molar-refractivity contribution >= 4 is 12.0 Å². The van der Waals surface area contributed by atoms with Crippen LogP contribution in [-0.2, 0) is 9.53 Å². The lowest BCUT2D eigenvalue weighted by Crippen LogP contribution is -2.34.